The standard InChI is InChI=1S/C10H10O3/c1-7-2-3-8(11)10(6-7)5-4-9(12)13-10/h2-3,6H,4-5H2,1H3. The van der Waals surface area contributed by atoms with E-state index in [2.05, 4.69) is 0 Å². The van der Waals surface area contributed by atoms with Crippen molar-refractivity contribution >= 4 is 11.8 Å². The van der Waals surface area contributed by atoms with E-state index in [-0.39, 0.29) is 11.8 Å². The van der Waals surface area contributed by atoms with Gasteiger partial charge in [0, 0.05) is 6.42 Å². The molecule has 1 aliphatic heterocycles. The van der Waals surface area contributed by atoms with Crippen LogP contribution >= 0.6 is 0 Å². The van der Waals surface area contributed by atoms with E-state index in [1.165, 1.54) is 6.08 Å². The number of esters is 1. The normalized spacial score (nSPS) is 32.2. The van der Waals surface area contributed by atoms with Crippen molar-refractivity contribution in [1.29, 1.82) is 0 Å². The summed E-state index contributed by atoms with van der Waals surface area (Å²) in [6, 6.07) is 0. The maximum atomic E-state index is 11.5. The molecule has 0 aromatic heterocycles. The summed E-state index contributed by atoms with van der Waals surface area (Å²) in [6.45, 7) is 1.89. The van der Waals surface area contributed by atoms with Crippen molar-refractivity contribution in [3.63, 3.8) is 0 Å². The average molecular weight is 178 g/mol. The molecule has 0 N–H and O–H groups in total. The molecule has 1 saturated heterocycles. The van der Waals surface area contributed by atoms with Crippen LogP contribution in [0.3, 0.4) is 0 Å². The van der Waals surface area contributed by atoms with Gasteiger partial charge in [-0.05, 0) is 19.1 Å². The first-order valence-electron chi connectivity index (χ1n) is 4.26. The van der Waals surface area contributed by atoms with Crippen LogP contribution in [-0.2, 0) is 14.3 Å². The fourth-order valence-electron chi connectivity index (χ4n) is 1.70. The van der Waals surface area contributed by atoms with Crippen molar-refractivity contribution in [2.45, 2.75) is 25.4 Å². The van der Waals surface area contributed by atoms with Gasteiger partial charge >= 0.3 is 5.97 Å². The molecule has 0 aromatic rings. The van der Waals surface area contributed by atoms with Crippen LogP contribution in [0.2, 0.25) is 0 Å². The Balaban J connectivity index is 2.37. The predicted molar refractivity (Wildman–Crippen MR) is 46.0 cm³/mol. The van der Waals surface area contributed by atoms with E-state index < -0.39 is 5.60 Å². The van der Waals surface area contributed by atoms with Gasteiger partial charge in [0.2, 0.25) is 5.78 Å². The van der Waals surface area contributed by atoms with Gasteiger partial charge in [-0.1, -0.05) is 11.6 Å². The van der Waals surface area contributed by atoms with Gasteiger partial charge < -0.3 is 4.74 Å². The van der Waals surface area contributed by atoms with Gasteiger partial charge in [-0.3, -0.25) is 9.59 Å². The van der Waals surface area contributed by atoms with Crippen LogP contribution < -0.4 is 0 Å². The summed E-state index contributed by atoms with van der Waals surface area (Å²) < 4.78 is 5.06. The largest absolute Gasteiger partial charge is 0.446 e. The third-order valence-corrected chi connectivity index (χ3v) is 2.37. The van der Waals surface area contributed by atoms with E-state index in [0.717, 1.165) is 5.57 Å². The van der Waals surface area contributed by atoms with E-state index in [1.54, 1.807) is 12.2 Å². The van der Waals surface area contributed by atoms with Crippen LogP contribution in [-0.4, -0.2) is 17.4 Å². The zero-order valence-electron chi connectivity index (χ0n) is 7.37. The zero-order valence-corrected chi connectivity index (χ0v) is 7.37. The average Bonchev–Trinajstić information content (AvgIpc) is 2.42. The van der Waals surface area contributed by atoms with Crippen LogP contribution in [0.1, 0.15) is 19.8 Å². The second-order valence-electron chi connectivity index (χ2n) is 3.45. The molecule has 2 rings (SSSR count). The molecule has 1 unspecified atom stereocenters. The highest BCUT2D eigenvalue weighted by Crippen LogP contribution is 2.33. The number of carbonyl (C=O) groups excluding carboxylic acids is 2. The smallest absolute Gasteiger partial charge is 0.307 e. The number of hydrogen-bond acceptors (Lipinski definition) is 3. The molecule has 13 heavy (non-hydrogen) atoms. The lowest BCUT2D eigenvalue weighted by molar-refractivity contribution is -0.151. The van der Waals surface area contributed by atoms with E-state index in [4.69, 9.17) is 4.74 Å². The summed E-state index contributed by atoms with van der Waals surface area (Å²) in [4.78, 5) is 22.4. The van der Waals surface area contributed by atoms with Gasteiger partial charge in [0.1, 0.15) is 0 Å². The van der Waals surface area contributed by atoms with Crippen molar-refractivity contribution in [3.8, 4) is 0 Å². The Morgan fingerprint density at radius 1 is 1.38 bits per heavy atom. The summed E-state index contributed by atoms with van der Waals surface area (Å²) in [5.41, 5.74) is 0.00456. The van der Waals surface area contributed by atoms with Crippen molar-refractivity contribution in [2.24, 2.45) is 0 Å². The maximum Gasteiger partial charge on any atom is 0.307 e. The first-order valence-corrected chi connectivity index (χ1v) is 4.26. The van der Waals surface area contributed by atoms with Crippen molar-refractivity contribution in [2.75, 3.05) is 0 Å². The molecule has 68 valence electrons. The molecule has 1 aliphatic carbocycles. The van der Waals surface area contributed by atoms with Crippen LogP contribution in [0.25, 0.3) is 0 Å². The van der Waals surface area contributed by atoms with Gasteiger partial charge in [0.25, 0.3) is 0 Å². The van der Waals surface area contributed by atoms with E-state index >= 15 is 0 Å². The van der Waals surface area contributed by atoms with E-state index in [9.17, 15) is 9.59 Å². The number of carbonyl (C=O) groups is 2. The second kappa shape index (κ2) is 2.55. The Labute approximate surface area is 76.1 Å². The molecule has 1 heterocycles. The highest BCUT2D eigenvalue weighted by molar-refractivity contribution is 6.03. The Hall–Kier alpha value is -1.38. The minimum Gasteiger partial charge on any atom is -0.446 e. The van der Waals surface area contributed by atoms with Crippen molar-refractivity contribution in [3.05, 3.63) is 23.8 Å². The minimum atomic E-state index is -0.962. The third kappa shape index (κ3) is 1.20. The van der Waals surface area contributed by atoms with E-state index in [0.29, 0.717) is 12.8 Å². The quantitative estimate of drug-likeness (QED) is 0.522. The Bertz CT molecular complexity index is 338. The van der Waals surface area contributed by atoms with Gasteiger partial charge in [0.15, 0.2) is 5.60 Å². The summed E-state index contributed by atoms with van der Waals surface area (Å²) in [6.07, 6.45) is 5.77. The molecule has 2 aliphatic rings. The molecule has 1 fully saturated rings. The van der Waals surface area contributed by atoms with Crippen molar-refractivity contribution in [1.82, 2.24) is 0 Å². The van der Waals surface area contributed by atoms with Crippen molar-refractivity contribution < 1.29 is 14.3 Å². The minimum absolute atomic E-state index is 0.121. The van der Waals surface area contributed by atoms with Crippen LogP contribution in [0.15, 0.2) is 23.8 Å². The van der Waals surface area contributed by atoms with Crippen LogP contribution in [0.5, 0.6) is 0 Å². The molecule has 0 amide bonds. The molecule has 3 heteroatoms. The highest BCUT2D eigenvalue weighted by atomic mass is 16.6. The Morgan fingerprint density at radius 3 is 2.77 bits per heavy atom. The highest BCUT2D eigenvalue weighted by Gasteiger charge is 2.44. The Morgan fingerprint density at radius 2 is 2.15 bits per heavy atom. The zero-order chi connectivity index (χ0) is 9.47. The summed E-state index contributed by atoms with van der Waals surface area (Å²) >= 11 is 0. The number of hydrogen-bond donors (Lipinski definition) is 0. The topological polar surface area (TPSA) is 43.4 Å². The number of ketones is 1. The fraction of sp³-hybridized carbons (Fsp3) is 0.400. The van der Waals surface area contributed by atoms with Gasteiger partial charge in [-0.25, -0.2) is 0 Å². The molecule has 0 radical (unpaired) electrons. The molecule has 0 bridgehead atoms. The molecule has 1 atom stereocenters. The number of ether oxygens (including phenoxy) is 1. The predicted octanol–water partition coefficient (Wildman–Crippen LogP) is 1.15. The van der Waals surface area contributed by atoms with E-state index in [1.807, 2.05) is 6.92 Å². The van der Waals surface area contributed by atoms with Gasteiger partial charge in [-0.2, -0.15) is 0 Å². The SMILES string of the molecule is CC1=CC2(CCC(=O)O2)C(=O)C=C1. The first kappa shape index (κ1) is 8.23. The molecule has 0 aromatic carbocycles. The Kier molecular flexibility index (Phi) is 1.62. The number of rotatable bonds is 0. The maximum absolute atomic E-state index is 11.5. The summed E-state index contributed by atoms with van der Waals surface area (Å²) in [5.74, 6) is -0.406. The fourth-order valence-corrected chi connectivity index (χ4v) is 1.70. The molecular weight excluding hydrogens is 168 g/mol. The second-order valence-corrected chi connectivity index (χ2v) is 3.45. The van der Waals surface area contributed by atoms with Crippen LogP contribution in [0, 0.1) is 0 Å². The monoisotopic (exact) mass is 178 g/mol. The third-order valence-electron chi connectivity index (χ3n) is 2.37. The van der Waals surface area contributed by atoms with Gasteiger partial charge in [0.05, 0.1) is 6.42 Å². The number of allylic oxidation sites excluding steroid dienone is 2. The lowest BCUT2D eigenvalue weighted by Crippen LogP contribution is -2.36. The van der Waals surface area contributed by atoms with Gasteiger partial charge in [-0.15, -0.1) is 0 Å². The lowest BCUT2D eigenvalue weighted by atomic mass is 9.88. The molecule has 1 spiro atoms. The van der Waals surface area contributed by atoms with Crippen LogP contribution in [0.4, 0.5) is 0 Å². The lowest BCUT2D eigenvalue weighted by Gasteiger charge is -2.23. The summed E-state index contributed by atoms with van der Waals surface area (Å²) in [5, 5.41) is 0. The molecule has 3 nitrogen and oxygen atoms in total. The molecule has 0 saturated carbocycles. The molecular formula is C10H10O3. The first-order chi connectivity index (χ1) is 6.12. The summed E-state index contributed by atoms with van der Waals surface area (Å²) in [7, 11) is 0.